The molecule has 2 aromatic heterocycles. The van der Waals surface area contributed by atoms with E-state index in [0.29, 0.717) is 5.03 Å². The Morgan fingerprint density at radius 1 is 1.12 bits per heavy atom. The van der Waals surface area contributed by atoms with Crippen LogP contribution in [0.15, 0.2) is 58.3 Å². The highest BCUT2D eigenvalue weighted by atomic mass is 35.5. The van der Waals surface area contributed by atoms with E-state index in [-0.39, 0.29) is 10.8 Å². The zero-order chi connectivity index (χ0) is 25.0. The second-order valence-corrected chi connectivity index (χ2v) is 8.39. The van der Waals surface area contributed by atoms with E-state index in [0.717, 1.165) is 11.8 Å². The Morgan fingerprint density at radius 3 is 2.41 bits per heavy atom. The number of aromatic nitrogens is 4. The molecule has 0 N–H and O–H groups in total. The Bertz CT molecular complexity index is 1350. The van der Waals surface area contributed by atoms with Gasteiger partial charge in [0.2, 0.25) is 5.65 Å². The lowest BCUT2D eigenvalue weighted by Gasteiger charge is -2.13. The Kier molecular flexibility index (Phi) is 8.32. The predicted molar refractivity (Wildman–Crippen MR) is 121 cm³/mol. The van der Waals surface area contributed by atoms with Gasteiger partial charge in [0, 0.05) is 39.9 Å². The van der Waals surface area contributed by atoms with Gasteiger partial charge in [0.15, 0.2) is 16.8 Å². The van der Waals surface area contributed by atoms with Crippen LogP contribution in [0.4, 0.5) is 22.0 Å². The fourth-order valence-corrected chi connectivity index (χ4v) is 4.34. The van der Waals surface area contributed by atoms with Gasteiger partial charge in [-0.1, -0.05) is 42.1 Å². The van der Waals surface area contributed by atoms with E-state index in [9.17, 15) is 26.7 Å². The SMILES string of the molecule is C=C/C=C\C(Cl)=C/C(C)n1ccn2c(SCc3c(F)c(F)c(CF)c(CF)c3F)nnc2c1=O. The first-order chi connectivity index (χ1) is 16.2. The van der Waals surface area contributed by atoms with Gasteiger partial charge < -0.3 is 4.57 Å². The lowest BCUT2D eigenvalue weighted by molar-refractivity contribution is 0.400. The molecule has 0 aliphatic carbocycles. The number of fused-ring (bicyclic) bond motifs is 1. The summed E-state index contributed by atoms with van der Waals surface area (Å²) in [5.41, 5.74) is -3.18. The maximum Gasteiger partial charge on any atom is 0.296 e. The van der Waals surface area contributed by atoms with Gasteiger partial charge in [-0.2, -0.15) is 0 Å². The largest absolute Gasteiger partial charge is 0.304 e. The highest BCUT2D eigenvalue weighted by molar-refractivity contribution is 7.98. The van der Waals surface area contributed by atoms with Crippen LogP contribution in [0.3, 0.4) is 0 Å². The summed E-state index contributed by atoms with van der Waals surface area (Å²) in [6.07, 6.45) is 9.37. The highest BCUT2D eigenvalue weighted by Gasteiger charge is 2.25. The predicted octanol–water partition coefficient (Wildman–Crippen LogP) is 5.97. The van der Waals surface area contributed by atoms with Crippen molar-refractivity contribution in [3.8, 4) is 0 Å². The second kappa shape index (κ2) is 11.0. The summed E-state index contributed by atoms with van der Waals surface area (Å²) < 4.78 is 71.7. The van der Waals surface area contributed by atoms with Crippen LogP contribution in [0.5, 0.6) is 0 Å². The summed E-state index contributed by atoms with van der Waals surface area (Å²) >= 11 is 6.85. The van der Waals surface area contributed by atoms with E-state index in [1.165, 1.54) is 21.4 Å². The molecule has 2 heterocycles. The van der Waals surface area contributed by atoms with Crippen LogP contribution in [0.25, 0.3) is 5.65 Å². The molecule has 0 spiro atoms. The summed E-state index contributed by atoms with van der Waals surface area (Å²) in [6, 6.07) is -0.438. The minimum absolute atomic E-state index is 0.0626. The molecule has 0 aliphatic rings. The zero-order valence-electron chi connectivity index (χ0n) is 17.7. The van der Waals surface area contributed by atoms with Gasteiger partial charge >= 0.3 is 0 Å². The molecule has 1 atom stereocenters. The van der Waals surface area contributed by atoms with E-state index in [1.807, 2.05) is 0 Å². The third kappa shape index (κ3) is 4.95. The Morgan fingerprint density at radius 2 is 1.76 bits per heavy atom. The molecule has 0 aliphatic heterocycles. The van der Waals surface area contributed by atoms with Gasteiger partial charge in [-0.15, -0.1) is 10.2 Å². The normalized spacial score (nSPS) is 13.2. The molecular formula is C22H18ClF5N4OS. The number of thioether (sulfide) groups is 1. The van der Waals surface area contributed by atoms with Crippen molar-refractivity contribution in [1.29, 1.82) is 0 Å². The van der Waals surface area contributed by atoms with Crippen LogP contribution in [0.1, 0.15) is 29.7 Å². The van der Waals surface area contributed by atoms with Crippen molar-refractivity contribution in [2.75, 3.05) is 0 Å². The summed E-state index contributed by atoms with van der Waals surface area (Å²) in [4.78, 5) is 12.8. The maximum atomic E-state index is 14.5. The molecule has 3 rings (SSSR count). The van der Waals surface area contributed by atoms with Crippen LogP contribution in [-0.2, 0) is 19.1 Å². The fraction of sp³-hybridized carbons (Fsp3) is 0.227. The number of allylic oxidation sites excluding steroid dienone is 5. The van der Waals surface area contributed by atoms with E-state index in [1.54, 1.807) is 31.2 Å². The van der Waals surface area contributed by atoms with Gasteiger partial charge in [0.1, 0.15) is 19.2 Å². The van der Waals surface area contributed by atoms with Gasteiger partial charge in [0.05, 0.1) is 6.04 Å². The monoisotopic (exact) mass is 516 g/mol. The van der Waals surface area contributed by atoms with Gasteiger partial charge in [0.25, 0.3) is 5.56 Å². The van der Waals surface area contributed by atoms with Gasteiger partial charge in [-0.25, -0.2) is 22.0 Å². The molecule has 0 fully saturated rings. The quantitative estimate of drug-likeness (QED) is 0.152. The molecule has 3 aromatic rings. The summed E-state index contributed by atoms with van der Waals surface area (Å²) in [7, 11) is 0. The minimum Gasteiger partial charge on any atom is -0.304 e. The third-order valence-electron chi connectivity index (χ3n) is 4.93. The average Bonchev–Trinajstić information content (AvgIpc) is 3.23. The molecule has 0 saturated heterocycles. The number of halogens is 6. The van der Waals surface area contributed by atoms with E-state index >= 15 is 0 Å². The Hall–Kier alpha value is -2.92. The van der Waals surface area contributed by atoms with Crippen molar-refractivity contribution >= 4 is 29.0 Å². The number of nitrogens with zero attached hydrogens (tertiary/aromatic N) is 4. The molecule has 0 saturated carbocycles. The first-order valence-electron chi connectivity index (χ1n) is 9.79. The van der Waals surface area contributed by atoms with Crippen LogP contribution in [-0.4, -0.2) is 19.2 Å². The molecule has 0 amide bonds. The van der Waals surface area contributed by atoms with Crippen LogP contribution >= 0.6 is 23.4 Å². The molecule has 1 aromatic carbocycles. The van der Waals surface area contributed by atoms with Crippen LogP contribution < -0.4 is 5.56 Å². The first-order valence-corrected chi connectivity index (χ1v) is 11.2. The Balaban J connectivity index is 1.92. The molecular weight excluding hydrogens is 499 g/mol. The number of rotatable bonds is 9. The lowest BCUT2D eigenvalue weighted by atomic mass is 10.0. The average molecular weight is 517 g/mol. The summed E-state index contributed by atoms with van der Waals surface area (Å²) in [5, 5.41) is 8.17. The minimum atomic E-state index is -1.63. The molecule has 12 heteroatoms. The van der Waals surface area contributed by atoms with Crippen molar-refractivity contribution in [3.63, 3.8) is 0 Å². The van der Waals surface area contributed by atoms with Gasteiger partial charge in [-0.3, -0.25) is 9.20 Å². The van der Waals surface area contributed by atoms with E-state index in [2.05, 4.69) is 16.8 Å². The van der Waals surface area contributed by atoms with Gasteiger partial charge in [-0.05, 0) is 19.1 Å². The van der Waals surface area contributed by atoms with Crippen molar-refractivity contribution < 1.29 is 22.0 Å². The maximum absolute atomic E-state index is 14.5. The van der Waals surface area contributed by atoms with E-state index < -0.39 is 64.8 Å². The molecule has 180 valence electrons. The van der Waals surface area contributed by atoms with Crippen molar-refractivity contribution in [3.05, 3.63) is 92.8 Å². The topological polar surface area (TPSA) is 52.2 Å². The van der Waals surface area contributed by atoms with Crippen LogP contribution in [0.2, 0.25) is 0 Å². The molecule has 0 bridgehead atoms. The van der Waals surface area contributed by atoms with Crippen molar-refractivity contribution in [2.24, 2.45) is 0 Å². The lowest BCUT2D eigenvalue weighted by Crippen LogP contribution is -2.24. The highest BCUT2D eigenvalue weighted by Crippen LogP contribution is 2.31. The fourth-order valence-electron chi connectivity index (χ4n) is 3.17. The Labute approximate surface area is 200 Å². The molecule has 0 radical (unpaired) electrons. The third-order valence-corrected chi connectivity index (χ3v) is 6.15. The number of benzene rings is 1. The molecule has 5 nitrogen and oxygen atoms in total. The van der Waals surface area contributed by atoms with E-state index in [4.69, 9.17) is 11.6 Å². The van der Waals surface area contributed by atoms with Crippen molar-refractivity contribution in [2.45, 2.75) is 37.2 Å². The molecule has 1 unspecified atom stereocenters. The first kappa shape index (κ1) is 25.7. The van der Waals surface area contributed by atoms with Crippen molar-refractivity contribution in [1.82, 2.24) is 19.2 Å². The number of hydrogen-bond donors (Lipinski definition) is 0. The zero-order valence-corrected chi connectivity index (χ0v) is 19.3. The molecule has 34 heavy (non-hydrogen) atoms. The summed E-state index contributed by atoms with van der Waals surface area (Å²) in [5.74, 6) is -5.10. The standard InChI is InChI=1S/C22H18ClF5N4OS/c1-3-4-5-13(23)8-12(2)31-6-7-32-20(21(31)33)29-30-22(32)34-11-16-17(26)14(9-24)15(10-25)18(27)19(16)28/h3-8,12H,1,9-11H2,2H3/b5-4-,13-8+. The number of alkyl halides is 2. The number of hydrogen-bond acceptors (Lipinski definition) is 4. The van der Waals surface area contributed by atoms with Crippen LogP contribution in [0, 0.1) is 17.5 Å². The second-order valence-electron chi connectivity index (χ2n) is 7.01. The summed E-state index contributed by atoms with van der Waals surface area (Å²) in [6.45, 7) is 2.24. The smallest absolute Gasteiger partial charge is 0.296 e.